The van der Waals surface area contributed by atoms with Gasteiger partial charge in [0.2, 0.25) is 6.41 Å². The van der Waals surface area contributed by atoms with Crippen LogP contribution in [0.2, 0.25) is 0 Å². The first-order chi connectivity index (χ1) is 14.6. The maximum absolute atomic E-state index is 11.3. The van der Waals surface area contributed by atoms with Crippen LogP contribution in [0.3, 0.4) is 0 Å². The van der Waals surface area contributed by atoms with Crippen LogP contribution in [0, 0.1) is 10.1 Å². The fraction of sp³-hybridized carbons (Fsp3) is 0. The number of nitro benzene ring substituents is 1. The fourth-order valence-electron chi connectivity index (χ4n) is 3.21. The molecule has 8 nitrogen and oxygen atoms in total. The molecule has 0 aliphatic heterocycles. The molecule has 3 N–H and O–H groups in total. The minimum absolute atomic E-state index is 0.0838. The number of carbonyl (C=O) groups is 1. The molecule has 1 amide bonds. The van der Waals surface area contributed by atoms with E-state index in [2.05, 4.69) is 10.3 Å². The predicted molar refractivity (Wildman–Crippen MR) is 114 cm³/mol. The van der Waals surface area contributed by atoms with Gasteiger partial charge in [0, 0.05) is 34.3 Å². The zero-order chi connectivity index (χ0) is 21.1. The predicted octanol–water partition coefficient (Wildman–Crippen LogP) is 4.52. The van der Waals surface area contributed by atoms with Crippen molar-refractivity contribution in [2.75, 3.05) is 5.32 Å². The van der Waals surface area contributed by atoms with Crippen molar-refractivity contribution in [3.8, 4) is 5.88 Å². The van der Waals surface area contributed by atoms with Gasteiger partial charge < -0.3 is 15.4 Å². The molecular formula is C22H16N4O4. The highest BCUT2D eigenvalue weighted by Crippen LogP contribution is 2.33. The molecule has 4 rings (SSSR count). The van der Waals surface area contributed by atoms with Gasteiger partial charge >= 0.3 is 0 Å². The second-order valence-corrected chi connectivity index (χ2v) is 6.47. The van der Waals surface area contributed by atoms with E-state index in [0.717, 1.165) is 5.56 Å². The zero-order valence-electron chi connectivity index (χ0n) is 15.6. The standard InChI is InChI=1S/C22H16N4O4/c27-13-23-15-6-8-16(9-7-15)24-21(14-4-2-1-3-5-14)20-18-12-17(26(29)30)10-11-19(18)25-22(20)28/h1-13,25,28H,(H,23,27). The highest BCUT2D eigenvalue weighted by Gasteiger charge is 2.20. The van der Waals surface area contributed by atoms with E-state index in [1.54, 1.807) is 30.3 Å². The number of benzene rings is 3. The van der Waals surface area contributed by atoms with Gasteiger partial charge in [-0.15, -0.1) is 0 Å². The number of fused-ring (bicyclic) bond motifs is 1. The van der Waals surface area contributed by atoms with Gasteiger partial charge in [-0.1, -0.05) is 30.3 Å². The molecule has 3 aromatic carbocycles. The summed E-state index contributed by atoms with van der Waals surface area (Å²) in [6.45, 7) is 0. The third-order valence-corrected chi connectivity index (χ3v) is 4.59. The number of H-pyrrole nitrogens is 1. The molecule has 1 aromatic heterocycles. The van der Waals surface area contributed by atoms with Crippen LogP contribution in [-0.4, -0.2) is 27.1 Å². The van der Waals surface area contributed by atoms with Crippen LogP contribution in [-0.2, 0) is 4.79 Å². The summed E-state index contributed by atoms with van der Waals surface area (Å²) >= 11 is 0. The molecule has 0 unspecified atom stereocenters. The van der Waals surface area contributed by atoms with E-state index < -0.39 is 4.92 Å². The lowest BCUT2D eigenvalue weighted by Crippen LogP contribution is -2.03. The minimum Gasteiger partial charge on any atom is -0.494 e. The summed E-state index contributed by atoms with van der Waals surface area (Å²) in [4.78, 5) is 28.9. The molecular weight excluding hydrogens is 384 g/mol. The van der Waals surface area contributed by atoms with Crippen molar-refractivity contribution in [3.05, 3.63) is 94.0 Å². The van der Waals surface area contributed by atoms with E-state index in [1.807, 2.05) is 30.3 Å². The molecule has 1 heterocycles. The second-order valence-electron chi connectivity index (χ2n) is 6.47. The molecule has 0 aliphatic carbocycles. The summed E-state index contributed by atoms with van der Waals surface area (Å²) in [6.07, 6.45) is 0.588. The molecule has 0 saturated carbocycles. The molecule has 4 aromatic rings. The summed E-state index contributed by atoms with van der Waals surface area (Å²) in [7, 11) is 0. The SMILES string of the molecule is O=CNc1ccc(N=C(c2ccccc2)c2c(O)[nH]c3ccc([N+](=O)[O-])cc23)cc1. The third-order valence-electron chi connectivity index (χ3n) is 4.59. The minimum atomic E-state index is -0.481. The number of nitrogens with one attached hydrogen (secondary N) is 2. The number of aliphatic imine (C=N–C) groups is 1. The average Bonchev–Trinajstić information content (AvgIpc) is 3.09. The Morgan fingerprint density at radius 1 is 1.07 bits per heavy atom. The van der Waals surface area contributed by atoms with E-state index >= 15 is 0 Å². The molecule has 148 valence electrons. The lowest BCUT2D eigenvalue weighted by molar-refractivity contribution is -0.384. The largest absolute Gasteiger partial charge is 0.494 e. The number of nitro groups is 1. The van der Waals surface area contributed by atoms with E-state index in [-0.39, 0.29) is 11.6 Å². The number of carbonyl (C=O) groups excluding carboxylic acids is 1. The van der Waals surface area contributed by atoms with Crippen LogP contribution in [0.5, 0.6) is 5.88 Å². The van der Waals surface area contributed by atoms with Crippen molar-refractivity contribution in [2.24, 2.45) is 4.99 Å². The van der Waals surface area contributed by atoms with Gasteiger partial charge in [-0.25, -0.2) is 4.99 Å². The van der Waals surface area contributed by atoms with Gasteiger partial charge in [-0.2, -0.15) is 0 Å². The highest BCUT2D eigenvalue weighted by molar-refractivity contribution is 6.22. The highest BCUT2D eigenvalue weighted by atomic mass is 16.6. The number of nitrogens with zero attached hydrogens (tertiary/aromatic N) is 2. The third kappa shape index (κ3) is 3.61. The number of non-ortho nitro benzene ring substituents is 1. The topological polar surface area (TPSA) is 121 Å². The molecule has 0 saturated heterocycles. The first-order valence-electron chi connectivity index (χ1n) is 9.00. The zero-order valence-corrected chi connectivity index (χ0v) is 15.6. The Morgan fingerprint density at radius 3 is 2.47 bits per heavy atom. The van der Waals surface area contributed by atoms with Crippen LogP contribution >= 0.6 is 0 Å². The molecule has 0 atom stereocenters. The Kier molecular flexibility index (Phi) is 4.96. The molecule has 0 radical (unpaired) electrons. The van der Waals surface area contributed by atoms with Crippen molar-refractivity contribution in [1.29, 1.82) is 0 Å². The normalized spacial score (nSPS) is 11.4. The summed E-state index contributed by atoms with van der Waals surface area (Å²) in [5.74, 6) is -0.132. The fourth-order valence-corrected chi connectivity index (χ4v) is 3.21. The Balaban J connectivity index is 1.93. The van der Waals surface area contributed by atoms with Crippen LogP contribution < -0.4 is 5.32 Å². The molecule has 0 fully saturated rings. The Labute approximate surface area is 170 Å². The van der Waals surface area contributed by atoms with Gasteiger partial charge in [0.15, 0.2) is 5.88 Å². The van der Waals surface area contributed by atoms with Crippen molar-refractivity contribution in [3.63, 3.8) is 0 Å². The number of aromatic nitrogens is 1. The van der Waals surface area contributed by atoms with Crippen molar-refractivity contribution < 1.29 is 14.8 Å². The Morgan fingerprint density at radius 2 is 1.80 bits per heavy atom. The first kappa shape index (κ1) is 18.9. The van der Waals surface area contributed by atoms with Gasteiger partial charge in [0.05, 0.1) is 21.9 Å². The number of aromatic amines is 1. The molecule has 0 bridgehead atoms. The number of rotatable bonds is 6. The number of hydrogen-bond acceptors (Lipinski definition) is 5. The number of hydrogen-bond donors (Lipinski definition) is 3. The lowest BCUT2D eigenvalue weighted by Gasteiger charge is -2.08. The van der Waals surface area contributed by atoms with E-state index in [0.29, 0.717) is 40.0 Å². The van der Waals surface area contributed by atoms with E-state index in [1.165, 1.54) is 12.1 Å². The van der Waals surface area contributed by atoms with E-state index in [9.17, 15) is 20.0 Å². The van der Waals surface area contributed by atoms with Crippen LogP contribution in [0.1, 0.15) is 11.1 Å². The number of aromatic hydroxyl groups is 1. The summed E-state index contributed by atoms with van der Waals surface area (Å²) < 4.78 is 0. The lowest BCUT2D eigenvalue weighted by atomic mass is 10.0. The van der Waals surface area contributed by atoms with Crippen molar-refractivity contribution >= 4 is 40.1 Å². The van der Waals surface area contributed by atoms with Crippen molar-refractivity contribution in [2.45, 2.75) is 0 Å². The van der Waals surface area contributed by atoms with Crippen LogP contribution in [0.25, 0.3) is 10.9 Å². The van der Waals surface area contributed by atoms with Gasteiger partial charge in [-0.05, 0) is 30.3 Å². The van der Waals surface area contributed by atoms with Gasteiger partial charge in [-0.3, -0.25) is 14.9 Å². The number of anilines is 1. The average molecular weight is 400 g/mol. The Hall–Kier alpha value is -4.46. The molecule has 0 spiro atoms. The summed E-state index contributed by atoms with van der Waals surface area (Å²) in [5.41, 5.74) is 3.24. The van der Waals surface area contributed by atoms with Crippen LogP contribution in [0.15, 0.2) is 77.8 Å². The van der Waals surface area contributed by atoms with Crippen LogP contribution in [0.4, 0.5) is 17.1 Å². The monoisotopic (exact) mass is 400 g/mol. The molecule has 0 aliphatic rings. The Bertz CT molecular complexity index is 1260. The molecule has 30 heavy (non-hydrogen) atoms. The number of amides is 1. The quantitative estimate of drug-likeness (QED) is 0.191. The van der Waals surface area contributed by atoms with Gasteiger partial charge in [0.1, 0.15) is 0 Å². The van der Waals surface area contributed by atoms with Crippen molar-refractivity contribution in [1.82, 2.24) is 4.98 Å². The summed E-state index contributed by atoms with van der Waals surface area (Å²) in [5, 5.41) is 24.9. The maximum Gasteiger partial charge on any atom is 0.270 e. The first-order valence-corrected chi connectivity index (χ1v) is 9.00. The molecule has 8 heteroatoms. The van der Waals surface area contributed by atoms with Gasteiger partial charge in [0.25, 0.3) is 5.69 Å². The van der Waals surface area contributed by atoms with E-state index in [4.69, 9.17) is 4.99 Å². The smallest absolute Gasteiger partial charge is 0.270 e. The second kappa shape index (κ2) is 7.88. The maximum atomic E-state index is 11.3. The summed E-state index contributed by atoms with van der Waals surface area (Å²) in [6, 6.07) is 20.4.